The zero-order valence-corrected chi connectivity index (χ0v) is 16.4. The number of benzene rings is 1. The zero-order valence-electron chi connectivity index (χ0n) is 14.7. The number of nitrogens with zero attached hydrogens (tertiary/aromatic N) is 2. The molecule has 2 aliphatic heterocycles. The highest BCUT2D eigenvalue weighted by atomic mass is 79.9. The Morgan fingerprint density at radius 1 is 1.28 bits per heavy atom. The number of aliphatic hydroxyl groups is 1. The van der Waals surface area contributed by atoms with Crippen molar-refractivity contribution in [2.75, 3.05) is 13.6 Å². The molecule has 3 atom stereocenters. The van der Waals surface area contributed by atoms with Crippen molar-refractivity contribution in [3.63, 3.8) is 0 Å². The lowest BCUT2D eigenvalue weighted by Crippen LogP contribution is -2.33. The number of aliphatic hydroxyl groups excluding tert-OH is 1. The average molecular weight is 405 g/mol. The fraction of sp³-hybridized carbons (Fsp3) is 0.450. The second-order valence-electron chi connectivity index (χ2n) is 7.05. The van der Waals surface area contributed by atoms with Crippen molar-refractivity contribution in [2.45, 2.75) is 38.5 Å². The molecular weight excluding hydrogens is 380 g/mol. The van der Waals surface area contributed by atoms with E-state index in [4.69, 9.17) is 0 Å². The summed E-state index contributed by atoms with van der Waals surface area (Å²) < 4.78 is 2.13. The second kappa shape index (κ2) is 7.06. The second-order valence-corrected chi connectivity index (χ2v) is 7.05. The molecule has 0 saturated heterocycles. The summed E-state index contributed by atoms with van der Waals surface area (Å²) in [5.41, 5.74) is 4.55. The van der Waals surface area contributed by atoms with Crippen LogP contribution in [0.2, 0.25) is 0 Å². The molecule has 0 aliphatic carbocycles. The Hall–Kier alpha value is -1.43. The molecule has 0 bridgehead atoms. The van der Waals surface area contributed by atoms with Gasteiger partial charge in [-0.25, -0.2) is 0 Å². The van der Waals surface area contributed by atoms with Crippen LogP contribution in [0.1, 0.15) is 43.3 Å². The molecule has 0 spiro atoms. The minimum atomic E-state index is -0.588. The van der Waals surface area contributed by atoms with Gasteiger partial charge in [-0.3, -0.25) is 9.69 Å². The lowest BCUT2D eigenvalue weighted by molar-refractivity contribution is -0.105. The summed E-state index contributed by atoms with van der Waals surface area (Å²) in [6.45, 7) is 2.92. The highest BCUT2D eigenvalue weighted by molar-refractivity contribution is 8.93. The number of aldehydes is 1. The molecule has 2 aromatic rings. The number of hydrogen-bond acceptors (Lipinski definition) is 3. The van der Waals surface area contributed by atoms with E-state index in [1.165, 1.54) is 16.6 Å². The van der Waals surface area contributed by atoms with E-state index in [-0.39, 0.29) is 28.9 Å². The molecule has 0 fully saturated rings. The number of fused-ring (bicyclic) bond motifs is 3. The van der Waals surface area contributed by atoms with E-state index < -0.39 is 6.23 Å². The summed E-state index contributed by atoms with van der Waals surface area (Å²) in [6, 6.07) is 8.63. The van der Waals surface area contributed by atoms with Gasteiger partial charge in [-0.05, 0) is 56.4 Å². The summed E-state index contributed by atoms with van der Waals surface area (Å²) in [5.74, 6) is 0.0968. The van der Waals surface area contributed by atoms with Crippen LogP contribution in [-0.2, 0) is 11.2 Å². The van der Waals surface area contributed by atoms with Crippen molar-refractivity contribution < 1.29 is 9.90 Å². The van der Waals surface area contributed by atoms with Crippen LogP contribution in [0.15, 0.2) is 35.9 Å². The molecule has 5 heteroatoms. The van der Waals surface area contributed by atoms with E-state index in [0.29, 0.717) is 6.42 Å². The van der Waals surface area contributed by atoms with Crippen molar-refractivity contribution in [3.8, 4) is 0 Å². The van der Waals surface area contributed by atoms with Gasteiger partial charge in [-0.1, -0.05) is 24.3 Å². The third kappa shape index (κ3) is 2.78. The molecule has 0 amide bonds. The number of carbonyl (C=O) groups excluding carboxylic acids is 1. The van der Waals surface area contributed by atoms with Gasteiger partial charge < -0.3 is 9.67 Å². The molecule has 1 aromatic heterocycles. The SMILES string of the molecule is Br.C/C=C(/C=O)C1CC2c3c(c4ccccc4n3C(O)C1)CCN2C. The van der Waals surface area contributed by atoms with Gasteiger partial charge in [0, 0.05) is 17.6 Å². The van der Waals surface area contributed by atoms with Crippen LogP contribution >= 0.6 is 17.0 Å². The summed E-state index contributed by atoms with van der Waals surface area (Å²) >= 11 is 0. The Bertz CT molecular complexity index is 826. The number of para-hydroxylation sites is 1. The van der Waals surface area contributed by atoms with Crippen LogP contribution in [0.3, 0.4) is 0 Å². The summed E-state index contributed by atoms with van der Waals surface area (Å²) in [5, 5.41) is 12.3. The van der Waals surface area contributed by atoms with Crippen LogP contribution in [0, 0.1) is 5.92 Å². The maximum atomic E-state index is 11.5. The van der Waals surface area contributed by atoms with Gasteiger partial charge in [0.2, 0.25) is 0 Å². The molecule has 3 heterocycles. The Labute approximate surface area is 158 Å². The molecule has 0 radical (unpaired) electrons. The zero-order chi connectivity index (χ0) is 16.8. The number of aromatic nitrogens is 1. The van der Waals surface area contributed by atoms with E-state index in [2.05, 4.69) is 34.7 Å². The maximum Gasteiger partial charge on any atom is 0.145 e. The first-order valence-electron chi connectivity index (χ1n) is 8.77. The standard InChI is InChI=1S/C20H24N2O2.BrH/c1-3-13(12-23)14-10-18-20-16(8-9-21(18)2)15-6-4-5-7-17(15)22(20)19(24)11-14;/h3-7,12,14,18-19,24H,8-11H2,1-2H3;1H/b13-3-;. The van der Waals surface area contributed by atoms with E-state index in [1.54, 1.807) is 0 Å². The number of hydrogen-bond donors (Lipinski definition) is 1. The van der Waals surface area contributed by atoms with E-state index >= 15 is 0 Å². The third-order valence-corrected chi connectivity index (χ3v) is 5.86. The molecule has 1 aromatic carbocycles. The Morgan fingerprint density at radius 2 is 2.04 bits per heavy atom. The minimum Gasteiger partial charge on any atom is -0.373 e. The van der Waals surface area contributed by atoms with E-state index in [9.17, 15) is 9.90 Å². The van der Waals surface area contributed by atoms with Gasteiger partial charge in [0.1, 0.15) is 12.5 Å². The number of rotatable bonds is 2. The van der Waals surface area contributed by atoms with Gasteiger partial charge in [0.15, 0.2) is 0 Å². The highest BCUT2D eigenvalue weighted by Crippen LogP contribution is 2.46. The predicted molar refractivity (Wildman–Crippen MR) is 105 cm³/mol. The number of allylic oxidation sites excluding steroid dienone is 2. The molecule has 3 unspecified atom stereocenters. The molecule has 25 heavy (non-hydrogen) atoms. The fourth-order valence-electron chi connectivity index (χ4n) is 4.64. The monoisotopic (exact) mass is 404 g/mol. The van der Waals surface area contributed by atoms with Crippen LogP contribution in [0.25, 0.3) is 10.9 Å². The first kappa shape index (κ1) is 18.4. The van der Waals surface area contributed by atoms with Crippen molar-refractivity contribution in [3.05, 3.63) is 47.2 Å². The van der Waals surface area contributed by atoms with Gasteiger partial charge in [-0.15, -0.1) is 17.0 Å². The molecule has 1 N–H and O–H groups in total. The van der Waals surface area contributed by atoms with Crippen LogP contribution in [-0.4, -0.2) is 34.5 Å². The lowest BCUT2D eigenvalue weighted by atomic mass is 9.86. The fourth-order valence-corrected chi connectivity index (χ4v) is 4.64. The van der Waals surface area contributed by atoms with Crippen molar-refractivity contribution in [1.29, 1.82) is 0 Å². The quantitative estimate of drug-likeness (QED) is 0.611. The first-order chi connectivity index (χ1) is 11.7. The normalized spacial score (nSPS) is 26.7. The Kier molecular flexibility index (Phi) is 5.19. The molecule has 4 rings (SSSR count). The number of carbonyl (C=O) groups is 1. The molecule has 0 saturated carbocycles. The van der Waals surface area contributed by atoms with Gasteiger partial charge >= 0.3 is 0 Å². The van der Waals surface area contributed by atoms with E-state index in [0.717, 1.165) is 36.8 Å². The largest absolute Gasteiger partial charge is 0.373 e. The lowest BCUT2D eigenvalue weighted by Gasteiger charge is -2.34. The minimum absolute atomic E-state index is 0. The van der Waals surface area contributed by atoms with Crippen molar-refractivity contribution in [2.24, 2.45) is 5.92 Å². The van der Waals surface area contributed by atoms with Gasteiger partial charge in [0.25, 0.3) is 0 Å². The van der Waals surface area contributed by atoms with E-state index in [1.807, 2.05) is 19.1 Å². The smallest absolute Gasteiger partial charge is 0.145 e. The molecule has 2 aliphatic rings. The van der Waals surface area contributed by atoms with Crippen LogP contribution in [0.4, 0.5) is 0 Å². The number of likely N-dealkylation sites (N-methyl/N-ethyl adjacent to an activating group) is 1. The Morgan fingerprint density at radius 3 is 2.76 bits per heavy atom. The van der Waals surface area contributed by atoms with Gasteiger partial charge in [-0.2, -0.15) is 0 Å². The average Bonchev–Trinajstić information content (AvgIpc) is 2.84. The molecule has 4 nitrogen and oxygen atoms in total. The van der Waals surface area contributed by atoms with Gasteiger partial charge in [0.05, 0.1) is 11.6 Å². The third-order valence-electron chi connectivity index (χ3n) is 5.86. The molecule has 134 valence electrons. The van der Waals surface area contributed by atoms with Crippen molar-refractivity contribution >= 4 is 34.2 Å². The summed E-state index contributed by atoms with van der Waals surface area (Å²) in [4.78, 5) is 13.8. The summed E-state index contributed by atoms with van der Waals surface area (Å²) in [7, 11) is 2.15. The Balaban J connectivity index is 0.00000182. The van der Waals surface area contributed by atoms with Crippen molar-refractivity contribution in [1.82, 2.24) is 9.47 Å². The predicted octanol–water partition coefficient (Wildman–Crippen LogP) is 3.79. The summed E-state index contributed by atoms with van der Waals surface area (Å²) in [6.07, 6.45) is 4.75. The van der Waals surface area contributed by atoms with Crippen LogP contribution in [0.5, 0.6) is 0 Å². The maximum absolute atomic E-state index is 11.5. The first-order valence-corrected chi connectivity index (χ1v) is 8.77. The molecular formula is C20H25BrN2O2. The van der Waals surface area contributed by atoms with Crippen LogP contribution < -0.4 is 0 Å². The number of halogens is 1. The topological polar surface area (TPSA) is 45.5 Å². The highest BCUT2D eigenvalue weighted by Gasteiger charge is 2.38.